The summed E-state index contributed by atoms with van der Waals surface area (Å²) in [6.45, 7) is 5.11. The normalized spacial score (nSPS) is 14.6. The van der Waals surface area contributed by atoms with Gasteiger partial charge in [-0.15, -0.1) is 0 Å². The van der Waals surface area contributed by atoms with Crippen molar-refractivity contribution >= 4 is 28.0 Å². The number of nitrogens with zero attached hydrogens (tertiary/aromatic N) is 3. The van der Waals surface area contributed by atoms with E-state index in [1.165, 1.54) is 16.4 Å². The zero-order valence-electron chi connectivity index (χ0n) is 16.6. The van der Waals surface area contributed by atoms with Gasteiger partial charge in [-0.3, -0.25) is 13.9 Å². The van der Waals surface area contributed by atoms with Crippen LogP contribution >= 0.6 is 0 Å². The van der Waals surface area contributed by atoms with E-state index in [4.69, 9.17) is 0 Å². The molecule has 0 radical (unpaired) electrons. The Kier molecular flexibility index (Phi) is 6.22. The van der Waals surface area contributed by atoms with Crippen molar-refractivity contribution in [3.8, 4) is 0 Å². The number of hydrogen-bond donors (Lipinski definition) is 0. The fourth-order valence-electron chi connectivity index (χ4n) is 3.31. The van der Waals surface area contributed by atoms with E-state index >= 15 is 0 Å². The van der Waals surface area contributed by atoms with Crippen LogP contribution in [0.5, 0.6) is 0 Å². The van der Waals surface area contributed by atoms with Crippen molar-refractivity contribution in [1.29, 1.82) is 0 Å². The quantitative estimate of drug-likeness (QED) is 0.674. The van der Waals surface area contributed by atoms with Crippen molar-refractivity contribution in [2.24, 2.45) is 0 Å². The number of carbonyl (C=O) groups is 2. The van der Waals surface area contributed by atoms with E-state index in [2.05, 4.69) is 0 Å². The summed E-state index contributed by atoms with van der Waals surface area (Å²) in [6.07, 6.45) is 0.768. The first-order valence-electron chi connectivity index (χ1n) is 9.45. The monoisotopic (exact) mass is 415 g/mol. The molecule has 0 atom stereocenters. The molecule has 29 heavy (non-hydrogen) atoms. The van der Waals surface area contributed by atoms with Gasteiger partial charge in [0, 0.05) is 26.2 Å². The molecule has 1 fully saturated rings. The third-order valence-electron chi connectivity index (χ3n) is 5.06. The van der Waals surface area contributed by atoms with Crippen LogP contribution in [0.1, 0.15) is 11.1 Å². The summed E-state index contributed by atoms with van der Waals surface area (Å²) < 4.78 is 28.0. The lowest BCUT2D eigenvalue weighted by atomic mass is 10.1. The average molecular weight is 416 g/mol. The maximum Gasteiger partial charge on any atom is 0.264 e. The molecule has 154 valence electrons. The summed E-state index contributed by atoms with van der Waals surface area (Å²) in [6, 6.07) is 13.7. The molecule has 7 nitrogen and oxygen atoms in total. The van der Waals surface area contributed by atoms with Gasteiger partial charge in [-0.2, -0.15) is 0 Å². The molecular weight excluding hydrogens is 390 g/mol. The number of amides is 2. The van der Waals surface area contributed by atoms with Crippen LogP contribution in [0.25, 0.3) is 0 Å². The number of hydrogen-bond acceptors (Lipinski definition) is 4. The number of anilines is 1. The van der Waals surface area contributed by atoms with Gasteiger partial charge in [-0.25, -0.2) is 8.42 Å². The minimum absolute atomic E-state index is 0.138. The van der Waals surface area contributed by atoms with Gasteiger partial charge < -0.3 is 9.80 Å². The summed E-state index contributed by atoms with van der Waals surface area (Å²) in [5.41, 5.74) is 2.17. The number of carbonyl (C=O) groups excluding carboxylic acids is 2. The van der Waals surface area contributed by atoms with E-state index in [1.54, 1.807) is 34.1 Å². The molecule has 8 heteroatoms. The largest absolute Gasteiger partial charge is 0.342 e. The Labute approximate surface area is 171 Å². The molecule has 3 rings (SSSR count). The summed E-state index contributed by atoms with van der Waals surface area (Å²) in [7, 11) is -3.92. The van der Waals surface area contributed by atoms with Crippen molar-refractivity contribution in [2.75, 3.05) is 37.0 Å². The molecule has 0 spiro atoms. The molecule has 2 aromatic carbocycles. The fourth-order valence-corrected chi connectivity index (χ4v) is 4.80. The predicted molar refractivity (Wildman–Crippen MR) is 111 cm³/mol. The van der Waals surface area contributed by atoms with E-state index in [9.17, 15) is 18.0 Å². The van der Waals surface area contributed by atoms with E-state index in [-0.39, 0.29) is 17.3 Å². The fraction of sp³-hybridized carbons (Fsp3) is 0.333. The van der Waals surface area contributed by atoms with Crippen molar-refractivity contribution in [2.45, 2.75) is 18.7 Å². The van der Waals surface area contributed by atoms with Crippen LogP contribution in [-0.2, 0) is 19.6 Å². The second-order valence-corrected chi connectivity index (χ2v) is 9.00. The lowest BCUT2D eigenvalue weighted by Crippen LogP contribution is -2.51. The second kappa shape index (κ2) is 8.65. The number of rotatable bonds is 6. The van der Waals surface area contributed by atoms with E-state index in [0.29, 0.717) is 31.9 Å². The molecule has 0 aromatic heterocycles. The minimum Gasteiger partial charge on any atom is -0.342 e. The van der Waals surface area contributed by atoms with Crippen LogP contribution in [0.2, 0.25) is 0 Å². The lowest BCUT2D eigenvalue weighted by Gasteiger charge is -2.34. The minimum atomic E-state index is -3.92. The Bertz CT molecular complexity index is 984. The van der Waals surface area contributed by atoms with E-state index in [0.717, 1.165) is 17.5 Å². The van der Waals surface area contributed by atoms with Gasteiger partial charge in [0.15, 0.2) is 0 Å². The van der Waals surface area contributed by atoms with Gasteiger partial charge in [-0.1, -0.05) is 30.3 Å². The summed E-state index contributed by atoms with van der Waals surface area (Å²) >= 11 is 0. The maximum absolute atomic E-state index is 13.4. The first-order valence-corrected chi connectivity index (χ1v) is 10.9. The first kappa shape index (κ1) is 20.9. The average Bonchev–Trinajstić information content (AvgIpc) is 2.74. The van der Waals surface area contributed by atoms with Crippen LogP contribution in [-0.4, -0.2) is 63.3 Å². The number of benzene rings is 2. The van der Waals surface area contributed by atoms with Crippen molar-refractivity contribution in [3.63, 3.8) is 0 Å². The Morgan fingerprint density at radius 1 is 1.03 bits per heavy atom. The zero-order chi connectivity index (χ0) is 21.0. The van der Waals surface area contributed by atoms with Gasteiger partial charge in [0.25, 0.3) is 10.0 Å². The summed E-state index contributed by atoms with van der Waals surface area (Å²) in [4.78, 5) is 27.2. The molecule has 1 saturated heterocycles. The molecule has 0 N–H and O–H groups in total. The molecule has 1 heterocycles. The Hall–Kier alpha value is -2.87. The van der Waals surface area contributed by atoms with Crippen LogP contribution in [0, 0.1) is 13.8 Å². The van der Waals surface area contributed by atoms with Gasteiger partial charge in [0.05, 0.1) is 10.6 Å². The van der Waals surface area contributed by atoms with Gasteiger partial charge >= 0.3 is 0 Å². The SMILES string of the molecule is Cc1ccc(C)c(N(CC(=O)N2CCN(C=O)CC2)S(=O)(=O)c2ccccc2)c1. The van der Waals surface area contributed by atoms with Crippen LogP contribution in [0.4, 0.5) is 5.69 Å². The number of sulfonamides is 1. The molecule has 0 aliphatic carbocycles. The molecule has 0 saturated carbocycles. The van der Waals surface area contributed by atoms with Gasteiger partial charge in [-0.05, 0) is 43.2 Å². The molecule has 2 aromatic rings. The summed E-state index contributed by atoms with van der Waals surface area (Å²) in [5, 5.41) is 0. The highest BCUT2D eigenvalue weighted by Crippen LogP contribution is 2.28. The highest BCUT2D eigenvalue weighted by molar-refractivity contribution is 7.92. The third kappa shape index (κ3) is 4.59. The molecule has 1 aliphatic rings. The first-order chi connectivity index (χ1) is 13.8. The van der Waals surface area contributed by atoms with Crippen molar-refractivity contribution in [1.82, 2.24) is 9.80 Å². The van der Waals surface area contributed by atoms with Crippen LogP contribution < -0.4 is 4.31 Å². The van der Waals surface area contributed by atoms with Gasteiger partial charge in [0.2, 0.25) is 12.3 Å². The third-order valence-corrected chi connectivity index (χ3v) is 6.83. The Balaban J connectivity index is 1.95. The van der Waals surface area contributed by atoms with Crippen LogP contribution in [0.15, 0.2) is 53.4 Å². The highest BCUT2D eigenvalue weighted by atomic mass is 32.2. The van der Waals surface area contributed by atoms with Crippen LogP contribution in [0.3, 0.4) is 0 Å². The highest BCUT2D eigenvalue weighted by Gasteiger charge is 2.30. The number of aryl methyl sites for hydroxylation is 2. The molecular formula is C21H25N3O4S. The lowest BCUT2D eigenvalue weighted by molar-refractivity contribution is -0.133. The second-order valence-electron chi connectivity index (χ2n) is 7.14. The molecule has 2 amide bonds. The Morgan fingerprint density at radius 2 is 1.69 bits per heavy atom. The van der Waals surface area contributed by atoms with E-state index < -0.39 is 10.0 Å². The maximum atomic E-state index is 13.4. The molecule has 0 unspecified atom stereocenters. The topological polar surface area (TPSA) is 78.0 Å². The van der Waals surface area contributed by atoms with Gasteiger partial charge in [0.1, 0.15) is 6.54 Å². The standard InChI is InChI=1S/C21H25N3O4S/c1-17-8-9-18(2)20(14-17)24(29(27,28)19-6-4-3-5-7-19)15-21(26)23-12-10-22(16-25)11-13-23/h3-9,14,16H,10-13,15H2,1-2H3. The van der Waals surface area contributed by atoms with E-state index in [1.807, 2.05) is 26.0 Å². The molecule has 1 aliphatic heterocycles. The van der Waals surface area contributed by atoms with Crippen molar-refractivity contribution < 1.29 is 18.0 Å². The van der Waals surface area contributed by atoms with Crippen molar-refractivity contribution in [3.05, 3.63) is 59.7 Å². The smallest absolute Gasteiger partial charge is 0.264 e. The predicted octanol–water partition coefficient (Wildman–Crippen LogP) is 1.80. The zero-order valence-corrected chi connectivity index (χ0v) is 17.4. The molecule has 0 bridgehead atoms. The summed E-state index contributed by atoms with van der Waals surface area (Å²) in [5.74, 6) is -0.282. The number of piperazine rings is 1. The Morgan fingerprint density at radius 3 is 2.31 bits per heavy atom.